The van der Waals surface area contributed by atoms with Gasteiger partial charge < -0.3 is 9.80 Å². The van der Waals surface area contributed by atoms with Crippen LogP contribution in [0, 0.1) is 5.82 Å². The second-order valence-electron chi connectivity index (χ2n) is 6.69. The van der Waals surface area contributed by atoms with Gasteiger partial charge in [-0.2, -0.15) is 0 Å². The minimum Gasteiger partial charge on any atom is -0.352 e. The highest BCUT2D eigenvalue weighted by molar-refractivity contribution is 6.36. The third-order valence-electron chi connectivity index (χ3n) is 4.84. The van der Waals surface area contributed by atoms with E-state index in [4.69, 9.17) is 23.2 Å². The van der Waals surface area contributed by atoms with E-state index in [2.05, 4.69) is 15.1 Å². The fourth-order valence-corrected chi connectivity index (χ4v) is 3.73. The van der Waals surface area contributed by atoms with E-state index in [9.17, 15) is 9.18 Å². The van der Waals surface area contributed by atoms with Crippen LogP contribution in [0.4, 0.5) is 10.2 Å². The molecule has 2 aromatic carbocycles. The molecule has 148 valence electrons. The number of carbonyl (C=O) groups excluding carboxylic acids is 1. The number of rotatable bonds is 3. The molecule has 1 aliphatic rings. The molecule has 29 heavy (non-hydrogen) atoms. The largest absolute Gasteiger partial charge is 0.352 e. The van der Waals surface area contributed by atoms with E-state index < -0.39 is 0 Å². The summed E-state index contributed by atoms with van der Waals surface area (Å²) in [4.78, 5) is 16.6. The van der Waals surface area contributed by atoms with Crippen molar-refractivity contribution < 1.29 is 9.18 Å². The summed E-state index contributed by atoms with van der Waals surface area (Å²) >= 11 is 12.1. The number of carbonyl (C=O) groups is 1. The Kier molecular flexibility index (Phi) is 5.65. The molecule has 0 aliphatic carbocycles. The highest BCUT2D eigenvalue weighted by Crippen LogP contribution is 2.24. The summed E-state index contributed by atoms with van der Waals surface area (Å²) in [6, 6.07) is 14.8. The first-order valence-corrected chi connectivity index (χ1v) is 9.86. The fraction of sp³-hybridized carbons (Fsp3) is 0.190. The van der Waals surface area contributed by atoms with Gasteiger partial charge in [0.2, 0.25) is 0 Å². The zero-order valence-corrected chi connectivity index (χ0v) is 16.9. The smallest absolute Gasteiger partial charge is 0.255 e. The molecule has 0 unspecified atom stereocenters. The Labute approximate surface area is 177 Å². The van der Waals surface area contributed by atoms with Crippen molar-refractivity contribution in [3.63, 3.8) is 0 Å². The van der Waals surface area contributed by atoms with Crippen molar-refractivity contribution in [1.82, 2.24) is 15.1 Å². The van der Waals surface area contributed by atoms with Gasteiger partial charge in [0, 0.05) is 36.8 Å². The number of hydrogen-bond acceptors (Lipinski definition) is 4. The Bertz CT molecular complexity index is 1020. The summed E-state index contributed by atoms with van der Waals surface area (Å²) in [7, 11) is 0. The second-order valence-corrected chi connectivity index (χ2v) is 7.53. The van der Waals surface area contributed by atoms with Gasteiger partial charge in [0.15, 0.2) is 5.82 Å². The lowest BCUT2D eigenvalue weighted by Crippen LogP contribution is -2.49. The van der Waals surface area contributed by atoms with Gasteiger partial charge in [0.05, 0.1) is 16.3 Å². The lowest BCUT2D eigenvalue weighted by molar-refractivity contribution is 0.0746. The Morgan fingerprint density at radius 1 is 0.897 bits per heavy atom. The van der Waals surface area contributed by atoms with E-state index in [1.807, 2.05) is 12.1 Å². The van der Waals surface area contributed by atoms with E-state index in [1.54, 1.807) is 35.2 Å². The third-order valence-corrected chi connectivity index (χ3v) is 5.39. The SMILES string of the molecule is O=C(c1ccc(Cl)cc1Cl)N1CCN(c2ccc(-c3ccc(F)cc3)nn2)CC1. The average Bonchev–Trinajstić information content (AvgIpc) is 2.74. The van der Waals surface area contributed by atoms with Crippen molar-refractivity contribution in [2.75, 3.05) is 31.1 Å². The Hall–Kier alpha value is -2.70. The molecule has 5 nitrogen and oxygen atoms in total. The predicted octanol–water partition coefficient (Wildman–Crippen LogP) is 4.55. The first-order chi connectivity index (χ1) is 14.0. The van der Waals surface area contributed by atoms with Crippen LogP contribution in [0.25, 0.3) is 11.3 Å². The van der Waals surface area contributed by atoms with Crippen LogP contribution < -0.4 is 4.90 Å². The van der Waals surface area contributed by atoms with Crippen LogP contribution in [0.15, 0.2) is 54.6 Å². The molecule has 2 heterocycles. The monoisotopic (exact) mass is 430 g/mol. The molecule has 0 atom stereocenters. The molecular weight excluding hydrogens is 414 g/mol. The maximum absolute atomic E-state index is 13.1. The van der Waals surface area contributed by atoms with E-state index in [0.29, 0.717) is 47.5 Å². The van der Waals surface area contributed by atoms with E-state index >= 15 is 0 Å². The number of aromatic nitrogens is 2. The quantitative estimate of drug-likeness (QED) is 0.611. The van der Waals surface area contributed by atoms with Crippen molar-refractivity contribution in [3.8, 4) is 11.3 Å². The van der Waals surface area contributed by atoms with Crippen molar-refractivity contribution in [1.29, 1.82) is 0 Å². The van der Waals surface area contributed by atoms with Gasteiger partial charge in [-0.25, -0.2) is 4.39 Å². The minimum atomic E-state index is -0.286. The molecule has 0 saturated carbocycles. The average molecular weight is 431 g/mol. The maximum Gasteiger partial charge on any atom is 0.255 e. The van der Waals surface area contributed by atoms with Crippen LogP contribution in [0.3, 0.4) is 0 Å². The summed E-state index contributed by atoms with van der Waals surface area (Å²) in [6.07, 6.45) is 0. The van der Waals surface area contributed by atoms with Gasteiger partial charge in [0.25, 0.3) is 5.91 Å². The first-order valence-electron chi connectivity index (χ1n) is 9.10. The molecule has 4 rings (SSSR count). The van der Waals surface area contributed by atoms with E-state index in [1.165, 1.54) is 12.1 Å². The molecule has 1 amide bonds. The lowest BCUT2D eigenvalue weighted by Gasteiger charge is -2.35. The van der Waals surface area contributed by atoms with Gasteiger partial charge in [-0.3, -0.25) is 4.79 Å². The number of nitrogens with zero attached hydrogens (tertiary/aromatic N) is 4. The molecule has 0 radical (unpaired) electrons. The van der Waals surface area contributed by atoms with Crippen molar-refractivity contribution in [2.45, 2.75) is 0 Å². The number of piperazine rings is 1. The Balaban J connectivity index is 1.40. The molecule has 1 saturated heterocycles. The molecule has 1 fully saturated rings. The second kappa shape index (κ2) is 8.35. The molecule has 1 aliphatic heterocycles. The van der Waals surface area contributed by atoms with Crippen molar-refractivity contribution >= 4 is 34.9 Å². The maximum atomic E-state index is 13.1. The molecule has 1 aromatic heterocycles. The summed E-state index contributed by atoms with van der Waals surface area (Å²) < 4.78 is 13.1. The highest BCUT2D eigenvalue weighted by Gasteiger charge is 2.24. The number of hydrogen-bond donors (Lipinski definition) is 0. The van der Waals surface area contributed by atoms with Crippen LogP contribution in [0.2, 0.25) is 10.0 Å². The Morgan fingerprint density at radius 3 is 2.24 bits per heavy atom. The normalized spacial score (nSPS) is 14.2. The summed E-state index contributed by atoms with van der Waals surface area (Å²) in [5.41, 5.74) is 1.94. The van der Waals surface area contributed by atoms with Crippen molar-refractivity contribution in [2.24, 2.45) is 0 Å². The van der Waals surface area contributed by atoms with Crippen LogP contribution in [-0.2, 0) is 0 Å². The lowest BCUT2D eigenvalue weighted by atomic mass is 10.1. The summed E-state index contributed by atoms with van der Waals surface area (Å²) in [5, 5.41) is 9.40. The molecular formula is C21H17Cl2FN4O. The Morgan fingerprint density at radius 2 is 1.62 bits per heavy atom. The number of benzene rings is 2. The van der Waals surface area contributed by atoms with Crippen LogP contribution in [-0.4, -0.2) is 47.2 Å². The minimum absolute atomic E-state index is 0.107. The van der Waals surface area contributed by atoms with Crippen LogP contribution >= 0.6 is 23.2 Å². The standard InChI is InChI=1S/C21H17Cl2FN4O/c22-15-3-6-17(18(23)13-15)21(29)28-11-9-27(10-12-28)20-8-7-19(25-26-20)14-1-4-16(24)5-2-14/h1-8,13H,9-12H2. The van der Waals surface area contributed by atoms with E-state index in [0.717, 1.165) is 11.4 Å². The number of amides is 1. The fourth-order valence-electron chi connectivity index (χ4n) is 3.24. The zero-order chi connectivity index (χ0) is 20.4. The molecule has 0 spiro atoms. The summed E-state index contributed by atoms with van der Waals surface area (Å²) in [6.45, 7) is 2.39. The van der Waals surface area contributed by atoms with Gasteiger partial charge in [-0.1, -0.05) is 23.2 Å². The number of anilines is 1. The van der Waals surface area contributed by atoms with E-state index in [-0.39, 0.29) is 11.7 Å². The van der Waals surface area contributed by atoms with Gasteiger partial charge in [-0.15, -0.1) is 10.2 Å². The van der Waals surface area contributed by atoms with Gasteiger partial charge in [0.1, 0.15) is 5.82 Å². The highest BCUT2D eigenvalue weighted by atomic mass is 35.5. The van der Waals surface area contributed by atoms with Crippen LogP contribution in [0.1, 0.15) is 10.4 Å². The molecule has 0 bridgehead atoms. The van der Waals surface area contributed by atoms with Gasteiger partial charge >= 0.3 is 0 Å². The summed E-state index contributed by atoms with van der Waals surface area (Å²) in [5.74, 6) is 0.349. The van der Waals surface area contributed by atoms with Crippen molar-refractivity contribution in [3.05, 3.63) is 76.0 Å². The molecule has 8 heteroatoms. The van der Waals surface area contributed by atoms with Crippen LogP contribution in [0.5, 0.6) is 0 Å². The zero-order valence-electron chi connectivity index (χ0n) is 15.4. The first kappa shape index (κ1) is 19.6. The number of halogens is 3. The third kappa shape index (κ3) is 4.33. The molecule has 3 aromatic rings. The topological polar surface area (TPSA) is 49.3 Å². The van der Waals surface area contributed by atoms with Gasteiger partial charge in [-0.05, 0) is 54.6 Å². The predicted molar refractivity (Wildman–Crippen MR) is 112 cm³/mol. The molecule has 0 N–H and O–H groups in total.